The summed E-state index contributed by atoms with van der Waals surface area (Å²) in [6.07, 6.45) is 2.91. The van der Waals surface area contributed by atoms with Crippen LogP contribution in [-0.2, 0) is 9.59 Å². The molecule has 1 heterocycles. The smallest absolute Gasteiger partial charge is 0.264 e. The fraction of sp³-hybridized carbons (Fsp3) is 0.353. The SMILES string of the molecule is COc1cccc(/C=C(\C#N)C(=O)N2CCC[C@@H](C(N)=O)C2)c1. The van der Waals surface area contributed by atoms with Gasteiger partial charge in [-0.05, 0) is 36.6 Å². The molecule has 2 N–H and O–H groups in total. The number of rotatable bonds is 4. The first-order chi connectivity index (χ1) is 11.0. The summed E-state index contributed by atoms with van der Waals surface area (Å²) in [6, 6.07) is 9.04. The molecule has 2 amide bonds. The first kappa shape index (κ1) is 16.6. The van der Waals surface area contributed by atoms with Gasteiger partial charge in [0.05, 0.1) is 13.0 Å². The van der Waals surface area contributed by atoms with Gasteiger partial charge in [-0.25, -0.2) is 0 Å². The Bertz CT molecular complexity index is 676. The van der Waals surface area contributed by atoms with Gasteiger partial charge in [-0.2, -0.15) is 5.26 Å². The third kappa shape index (κ3) is 4.10. The van der Waals surface area contributed by atoms with Crippen molar-refractivity contribution in [2.45, 2.75) is 12.8 Å². The second kappa shape index (κ2) is 7.45. The molecule has 0 bridgehead atoms. The van der Waals surface area contributed by atoms with Gasteiger partial charge in [0.15, 0.2) is 0 Å². The van der Waals surface area contributed by atoms with Gasteiger partial charge < -0.3 is 15.4 Å². The van der Waals surface area contributed by atoms with E-state index in [2.05, 4.69) is 0 Å². The topological polar surface area (TPSA) is 96.4 Å². The number of amides is 2. The monoisotopic (exact) mass is 313 g/mol. The van der Waals surface area contributed by atoms with E-state index in [9.17, 15) is 14.9 Å². The molecule has 1 atom stereocenters. The van der Waals surface area contributed by atoms with Crippen molar-refractivity contribution in [2.75, 3.05) is 20.2 Å². The lowest BCUT2D eigenvalue weighted by Crippen LogP contribution is -2.44. The van der Waals surface area contributed by atoms with E-state index in [1.807, 2.05) is 6.07 Å². The van der Waals surface area contributed by atoms with E-state index in [-0.39, 0.29) is 23.9 Å². The van der Waals surface area contributed by atoms with E-state index in [0.29, 0.717) is 30.7 Å². The molecule has 1 aliphatic heterocycles. The van der Waals surface area contributed by atoms with Crippen molar-refractivity contribution in [3.05, 3.63) is 35.4 Å². The predicted octanol–water partition coefficient (Wildman–Crippen LogP) is 1.33. The number of piperidine rings is 1. The molecule has 6 heteroatoms. The van der Waals surface area contributed by atoms with Gasteiger partial charge in [0.1, 0.15) is 17.4 Å². The highest BCUT2D eigenvalue weighted by molar-refractivity contribution is 6.02. The van der Waals surface area contributed by atoms with Crippen LogP contribution in [0.15, 0.2) is 29.8 Å². The van der Waals surface area contributed by atoms with Gasteiger partial charge in [-0.3, -0.25) is 9.59 Å². The molecule has 0 spiro atoms. The molecule has 23 heavy (non-hydrogen) atoms. The molecule has 0 unspecified atom stereocenters. The standard InChI is InChI=1S/C17H19N3O3/c1-23-15-6-2-4-12(9-15)8-14(10-18)17(22)20-7-3-5-13(11-20)16(19)21/h2,4,6,8-9,13H,3,5,7,11H2,1H3,(H2,19,21)/b14-8+/t13-/m1/s1. The summed E-state index contributed by atoms with van der Waals surface area (Å²) < 4.78 is 5.13. The van der Waals surface area contributed by atoms with Crippen molar-refractivity contribution < 1.29 is 14.3 Å². The molecule has 2 rings (SSSR count). The number of hydrogen-bond acceptors (Lipinski definition) is 4. The number of ether oxygens (including phenoxy) is 1. The number of nitrogens with two attached hydrogens (primary N) is 1. The van der Waals surface area contributed by atoms with Crippen LogP contribution in [0.3, 0.4) is 0 Å². The number of carbonyl (C=O) groups excluding carboxylic acids is 2. The summed E-state index contributed by atoms with van der Waals surface area (Å²) in [7, 11) is 1.55. The summed E-state index contributed by atoms with van der Waals surface area (Å²) in [6.45, 7) is 0.797. The van der Waals surface area contributed by atoms with Crippen molar-refractivity contribution in [3.8, 4) is 11.8 Å². The van der Waals surface area contributed by atoms with Crippen LogP contribution < -0.4 is 10.5 Å². The molecule has 1 fully saturated rings. The summed E-state index contributed by atoms with van der Waals surface area (Å²) in [5.41, 5.74) is 6.06. The number of hydrogen-bond donors (Lipinski definition) is 1. The van der Waals surface area contributed by atoms with E-state index in [1.54, 1.807) is 31.4 Å². The highest BCUT2D eigenvalue weighted by Gasteiger charge is 2.28. The highest BCUT2D eigenvalue weighted by Crippen LogP contribution is 2.20. The van der Waals surface area contributed by atoms with Crippen molar-refractivity contribution in [1.82, 2.24) is 4.90 Å². The molecule has 6 nitrogen and oxygen atoms in total. The van der Waals surface area contributed by atoms with Crippen LogP contribution in [0.5, 0.6) is 5.75 Å². The molecule has 1 aromatic carbocycles. The van der Waals surface area contributed by atoms with E-state index in [1.165, 1.54) is 11.0 Å². The normalized spacial score (nSPS) is 18.2. The molecule has 1 aliphatic rings. The molecule has 120 valence electrons. The first-order valence-corrected chi connectivity index (χ1v) is 7.39. The van der Waals surface area contributed by atoms with Gasteiger partial charge in [0.25, 0.3) is 5.91 Å². The Morgan fingerprint density at radius 3 is 2.91 bits per heavy atom. The van der Waals surface area contributed by atoms with Gasteiger partial charge >= 0.3 is 0 Å². The summed E-state index contributed by atoms with van der Waals surface area (Å²) in [4.78, 5) is 25.3. The van der Waals surface area contributed by atoms with E-state index in [4.69, 9.17) is 10.5 Å². The van der Waals surface area contributed by atoms with Crippen molar-refractivity contribution in [1.29, 1.82) is 5.26 Å². The molecule has 0 saturated carbocycles. The zero-order valence-corrected chi connectivity index (χ0v) is 13.0. The highest BCUT2D eigenvalue weighted by atomic mass is 16.5. The number of benzene rings is 1. The molecule has 0 aromatic heterocycles. The quantitative estimate of drug-likeness (QED) is 0.670. The lowest BCUT2D eigenvalue weighted by atomic mass is 9.97. The maximum Gasteiger partial charge on any atom is 0.264 e. The van der Waals surface area contributed by atoms with Crippen LogP contribution in [0, 0.1) is 17.2 Å². The van der Waals surface area contributed by atoms with Crippen molar-refractivity contribution >= 4 is 17.9 Å². The summed E-state index contributed by atoms with van der Waals surface area (Å²) in [5.74, 6) is -0.473. The molecular weight excluding hydrogens is 294 g/mol. The molecule has 1 aromatic rings. The van der Waals surface area contributed by atoms with Crippen LogP contribution in [-0.4, -0.2) is 36.9 Å². The number of nitriles is 1. The number of methoxy groups -OCH3 is 1. The fourth-order valence-electron chi connectivity index (χ4n) is 2.60. The first-order valence-electron chi connectivity index (χ1n) is 7.39. The largest absolute Gasteiger partial charge is 0.497 e. The van der Waals surface area contributed by atoms with Crippen LogP contribution in [0.1, 0.15) is 18.4 Å². The number of nitrogens with zero attached hydrogens (tertiary/aromatic N) is 2. The van der Waals surface area contributed by atoms with Gasteiger partial charge in [0, 0.05) is 13.1 Å². The van der Waals surface area contributed by atoms with Crippen LogP contribution >= 0.6 is 0 Å². The minimum atomic E-state index is -0.405. The number of likely N-dealkylation sites (tertiary alicyclic amines) is 1. The average Bonchev–Trinajstić information content (AvgIpc) is 2.59. The molecular formula is C17H19N3O3. The van der Waals surface area contributed by atoms with E-state index < -0.39 is 5.91 Å². The lowest BCUT2D eigenvalue weighted by Gasteiger charge is -2.31. The zero-order valence-electron chi connectivity index (χ0n) is 13.0. The molecule has 1 saturated heterocycles. The van der Waals surface area contributed by atoms with Gasteiger partial charge in [0.2, 0.25) is 5.91 Å². The minimum absolute atomic E-state index is 0.0309. The second-order valence-corrected chi connectivity index (χ2v) is 5.44. The van der Waals surface area contributed by atoms with E-state index >= 15 is 0 Å². The lowest BCUT2D eigenvalue weighted by molar-refractivity contribution is -0.131. The number of carbonyl (C=O) groups is 2. The Labute approximate surface area is 135 Å². The summed E-state index contributed by atoms with van der Waals surface area (Å²) in [5, 5.41) is 9.30. The maximum atomic E-state index is 12.5. The van der Waals surface area contributed by atoms with Gasteiger partial charge in [-0.15, -0.1) is 0 Å². The van der Waals surface area contributed by atoms with Crippen LogP contribution in [0.25, 0.3) is 6.08 Å². The zero-order chi connectivity index (χ0) is 16.8. The van der Waals surface area contributed by atoms with Crippen molar-refractivity contribution in [3.63, 3.8) is 0 Å². The number of primary amides is 1. The van der Waals surface area contributed by atoms with E-state index in [0.717, 1.165) is 0 Å². The Hall–Kier alpha value is -2.81. The maximum absolute atomic E-state index is 12.5. The van der Waals surface area contributed by atoms with Crippen LogP contribution in [0.2, 0.25) is 0 Å². The Balaban J connectivity index is 2.19. The van der Waals surface area contributed by atoms with Crippen LogP contribution in [0.4, 0.5) is 0 Å². The molecule has 0 aliphatic carbocycles. The Morgan fingerprint density at radius 1 is 1.48 bits per heavy atom. The minimum Gasteiger partial charge on any atom is -0.497 e. The third-order valence-corrected chi connectivity index (χ3v) is 3.87. The summed E-state index contributed by atoms with van der Waals surface area (Å²) >= 11 is 0. The second-order valence-electron chi connectivity index (χ2n) is 5.44. The average molecular weight is 313 g/mol. The fourth-order valence-corrected chi connectivity index (χ4v) is 2.60. The molecule has 0 radical (unpaired) electrons. The van der Waals surface area contributed by atoms with Gasteiger partial charge in [-0.1, -0.05) is 12.1 Å². The predicted molar refractivity (Wildman–Crippen MR) is 85.1 cm³/mol. The third-order valence-electron chi connectivity index (χ3n) is 3.87. The van der Waals surface area contributed by atoms with Crippen molar-refractivity contribution in [2.24, 2.45) is 11.7 Å². The Kier molecular flexibility index (Phi) is 5.36. The Morgan fingerprint density at radius 2 is 2.26 bits per heavy atom.